The zero-order chi connectivity index (χ0) is 6.73. The zero-order valence-electron chi connectivity index (χ0n) is 4.29. The van der Waals surface area contributed by atoms with Crippen molar-refractivity contribution in [3.8, 4) is 0 Å². The van der Waals surface area contributed by atoms with Crippen LogP contribution in [0.1, 0.15) is 6.92 Å². The second kappa shape index (κ2) is 3.04. The van der Waals surface area contributed by atoms with Crippen LogP contribution in [0, 0.1) is 0 Å². The molecule has 0 saturated carbocycles. The molecule has 1 unspecified atom stereocenters. The number of hydrogen-bond acceptors (Lipinski definition) is 3. The van der Waals surface area contributed by atoms with E-state index in [-0.39, 0.29) is 10.1 Å². The molecule has 0 aliphatic rings. The predicted octanol–water partition coefficient (Wildman–Crippen LogP) is 0.759. The number of thiol groups is 1. The Balaban J connectivity index is 3.84. The van der Waals surface area contributed by atoms with Gasteiger partial charge in [0.25, 0.3) is 0 Å². The normalized spacial score (nSPS) is 12.8. The molecule has 0 rings (SSSR count). The molecule has 1 N–H and O–H groups in total. The van der Waals surface area contributed by atoms with E-state index >= 15 is 0 Å². The van der Waals surface area contributed by atoms with Crippen LogP contribution < -0.4 is 0 Å². The van der Waals surface area contributed by atoms with Gasteiger partial charge in [0.1, 0.15) is 4.86 Å². The first-order valence-corrected chi connectivity index (χ1v) is 2.93. The SMILES string of the molecule is CC(S)C(=S)C(=O)O. The molecule has 46 valence electrons. The number of carboxylic acids is 1. The molecule has 0 aromatic carbocycles. The minimum atomic E-state index is -1.05. The van der Waals surface area contributed by atoms with Gasteiger partial charge < -0.3 is 5.11 Å². The number of thiocarbonyl (C=S) groups is 1. The van der Waals surface area contributed by atoms with E-state index in [1.54, 1.807) is 6.92 Å². The topological polar surface area (TPSA) is 37.3 Å². The van der Waals surface area contributed by atoms with Crippen LogP contribution in [0.3, 0.4) is 0 Å². The van der Waals surface area contributed by atoms with Crippen LogP contribution in [0.15, 0.2) is 0 Å². The van der Waals surface area contributed by atoms with Gasteiger partial charge in [-0.05, 0) is 6.92 Å². The summed E-state index contributed by atoms with van der Waals surface area (Å²) in [5.41, 5.74) is 0. The third kappa shape index (κ3) is 2.28. The molecule has 0 amide bonds. The highest BCUT2D eigenvalue weighted by Gasteiger charge is 2.10. The monoisotopic (exact) mass is 150 g/mol. The Hall–Kier alpha value is -0.0900. The highest BCUT2D eigenvalue weighted by Crippen LogP contribution is 1.95. The fourth-order valence-corrected chi connectivity index (χ4v) is 0.289. The van der Waals surface area contributed by atoms with Crippen molar-refractivity contribution in [2.45, 2.75) is 12.2 Å². The largest absolute Gasteiger partial charge is 0.477 e. The van der Waals surface area contributed by atoms with Crippen molar-refractivity contribution in [2.24, 2.45) is 0 Å². The highest BCUT2D eigenvalue weighted by atomic mass is 32.1. The van der Waals surface area contributed by atoms with E-state index in [1.165, 1.54) is 0 Å². The molecule has 0 aromatic rings. The lowest BCUT2D eigenvalue weighted by atomic mass is 10.3. The molecule has 0 radical (unpaired) electrons. The molecule has 4 heteroatoms. The van der Waals surface area contributed by atoms with Gasteiger partial charge >= 0.3 is 5.97 Å². The van der Waals surface area contributed by atoms with Gasteiger partial charge in [0.2, 0.25) is 0 Å². The maximum atomic E-state index is 9.95. The van der Waals surface area contributed by atoms with Gasteiger partial charge in [-0.1, -0.05) is 12.2 Å². The molecule has 0 fully saturated rings. The summed E-state index contributed by atoms with van der Waals surface area (Å²) in [6.45, 7) is 1.62. The summed E-state index contributed by atoms with van der Waals surface area (Å²) in [5, 5.41) is 7.83. The summed E-state index contributed by atoms with van der Waals surface area (Å²) >= 11 is 8.24. The highest BCUT2D eigenvalue weighted by molar-refractivity contribution is 7.87. The van der Waals surface area contributed by atoms with Crippen LogP contribution in [-0.4, -0.2) is 21.2 Å². The Morgan fingerprint density at radius 3 is 2.25 bits per heavy atom. The number of aliphatic carboxylic acids is 1. The summed E-state index contributed by atoms with van der Waals surface area (Å²) in [6.07, 6.45) is 0. The van der Waals surface area contributed by atoms with Crippen molar-refractivity contribution in [1.29, 1.82) is 0 Å². The Morgan fingerprint density at radius 2 is 2.25 bits per heavy atom. The maximum absolute atomic E-state index is 9.95. The molecule has 0 spiro atoms. The van der Waals surface area contributed by atoms with E-state index in [2.05, 4.69) is 24.8 Å². The van der Waals surface area contributed by atoms with Gasteiger partial charge in [-0.3, -0.25) is 0 Å². The van der Waals surface area contributed by atoms with Crippen LogP contribution in [0.4, 0.5) is 0 Å². The number of rotatable bonds is 2. The third-order valence-electron chi connectivity index (χ3n) is 0.590. The number of carboxylic acid groups (broad SMARTS) is 1. The van der Waals surface area contributed by atoms with Crippen molar-refractivity contribution in [3.63, 3.8) is 0 Å². The van der Waals surface area contributed by atoms with Gasteiger partial charge in [-0.2, -0.15) is 12.6 Å². The molecular formula is C4H6O2S2. The van der Waals surface area contributed by atoms with Crippen LogP contribution in [0.2, 0.25) is 0 Å². The van der Waals surface area contributed by atoms with E-state index in [9.17, 15) is 4.79 Å². The van der Waals surface area contributed by atoms with E-state index in [0.29, 0.717) is 0 Å². The average Bonchev–Trinajstić information content (AvgIpc) is 1.64. The summed E-state index contributed by atoms with van der Waals surface area (Å²) in [6, 6.07) is 0. The van der Waals surface area contributed by atoms with Crippen molar-refractivity contribution in [2.75, 3.05) is 0 Å². The predicted molar refractivity (Wildman–Crippen MR) is 38.7 cm³/mol. The lowest BCUT2D eigenvalue weighted by molar-refractivity contribution is -0.129. The van der Waals surface area contributed by atoms with Crippen LogP contribution in [0.25, 0.3) is 0 Å². The Labute approximate surface area is 58.3 Å². The molecule has 2 nitrogen and oxygen atoms in total. The van der Waals surface area contributed by atoms with Crippen LogP contribution >= 0.6 is 24.8 Å². The second-order valence-corrected chi connectivity index (χ2v) is 2.56. The molecule has 0 bridgehead atoms. The standard InChI is InChI=1S/C4H6O2S2/c1-2(7)3(8)4(5)6/h2,7H,1H3,(H,5,6). The minimum absolute atomic E-state index is 0.0340. The zero-order valence-corrected chi connectivity index (χ0v) is 6.00. The minimum Gasteiger partial charge on any atom is -0.477 e. The second-order valence-electron chi connectivity index (χ2n) is 1.35. The summed E-state index contributed by atoms with van der Waals surface area (Å²) in [5.74, 6) is -1.05. The molecule has 1 atom stereocenters. The fraction of sp³-hybridized carbons (Fsp3) is 0.500. The van der Waals surface area contributed by atoms with Gasteiger partial charge in [0.15, 0.2) is 0 Å². The molecule has 0 aliphatic heterocycles. The number of hydrogen-bond donors (Lipinski definition) is 2. The van der Waals surface area contributed by atoms with E-state index in [0.717, 1.165) is 0 Å². The van der Waals surface area contributed by atoms with Crippen LogP contribution in [0.5, 0.6) is 0 Å². The quantitative estimate of drug-likeness (QED) is 0.451. The van der Waals surface area contributed by atoms with Gasteiger partial charge in [0, 0.05) is 5.25 Å². The first kappa shape index (κ1) is 7.91. The fourth-order valence-electron chi connectivity index (χ4n) is 0.179. The van der Waals surface area contributed by atoms with E-state index < -0.39 is 5.97 Å². The van der Waals surface area contributed by atoms with Crippen molar-refractivity contribution in [1.82, 2.24) is 0 Å². The molecule has 0 aromatic heterocycles. The summed E-state index contributed by atoms with van der Waals surface area (Å²) < 4.78 is 0. The van der Waals surface area contributed by atoms with Crippen molar-refractivity contribution >= 4 is 35.7 Å². The van der Waals surface area contributed by atoms with Gasteiger partial charge in [-0.25, -0.2) is 4.79 Å². The Bertz CT molecular complexity index is 119. The summed E-state index contributed by atoms with van der Waals surface area (Å²) in [4.78, 5) is 9.92. The Kier molecular flexibility index (Phi) is 3.01. The van der Waals surface area contributed by atoms with Crippen molar-refractivity contribution < 1.29 is 9.90 Å². The smallest absolute Gasteiger partial charge is 0.343 e. The first-order valence-electron chi connectivity index (χ1n) is 2.01. The molecule has 0 saturated heterocycles. The molecule has 8 heavy (non-hydrogen) atoms. The van der Waals surface area contributed by atoms with E-state index in [1.807, 2.05) is 0 Å². The lowest BCUT2D eigenvalue weighted by Crippen LogP contribution is -2.18. The van der Waals surface area contributed by atoms with Crippen LogP contribution in [-0.2, 0) is 4.79 Å². The van der Waals surface area contributed by atoms with Gasteiger partial charge in [-0.15, -0.1) is 0 Å². The average molecular weight is 150 g/mol. The molecule has 0 heterocycles. The molecular weight excluding hydrogens is 144 g/mol. The lowest BCUT2D eigenvalue weighted by Gasteiger charge is -1.97. The van der Waals surface area contributed by atoms with Crippen molar-refractivity contribution in [3.05, 3.63) is 0 Å². The molecule has 0 aliphatic carbocycles. The first-order chi connectivity index (χ1) is 3.55. The van der Waals surface area contributed by atoms with E-state index in [4.69, 9.17) is 5.11 Å². The number of carbonyl (C=O) groups is 1. The third-order valence-corrected chi connectivity index (χ3v) is 1.55. The summed E-state index contributed by atoms with van der Waals surface area (Å²) in [7, 11) is 0. The van der Waals surface area contributed by atoms with Gasteiger partial charge in [0.05, 0.1) is 0 Å². The maximum Gasteiger partial charge on any atom is 0.343 e. The Morgan fingerprint density at radius 1 is 1.88 bits per heavy atom.